The van der Waals surface area contributed by atoms with Crippen LogP contribution in [0.4, 0.5) is 0 Å². The SMILES string of the molecule is Cc1ccc(C(C(C)N)N2CCCSCC2)cc1. The third kappa shape index (κ3) is 3.50. The smallest absolute Gasteiger partial charge is 0.0496 e. The summed E-state index contributed by atoms with van der Waals surface area (Å²) in [6.07, 6.45) is 1.28. The molecule has 2 unspecified atom stereocenters. The van der Waals surface area contributed by atoms with Gasteiger partial charge in [-0.15, -0.1) is 0 Å². The molecule has 2 nitrogen and oxygen atoms in total. The highest BCUT2D eigenvalue weighted by molar-refractivity contribution is 7.99. The Bertz CT molecular complexity index is 353. The van der Waals surface area contributed by atoms with Gasteiger partial charge >= 0.3 is 0 Å². The van der Waals surface area contributed by atoms with Gasteiger partial charge in [-0.05, 0) is 38.1 Å². The van der Waals surface area contributed by atoms with Crippen LogP contribution in [0.3, 0.4) is 0 Å². The molecule has 2 rings (SSSR count). The first-order chi connectivity index (χ1) is 8.68. The maximum absolute atomic E-state index is 6.24. The number of hydrogen-bond acceptors (Lipinski definition) is 3. The van der Waals surface area contributed by atoms with E-state index in [2.05, 4.69) is 54.8 Å². The Morgan fingerprint density at radius 2 is 1.89 bits per heavy atom. The van der Waals surface area contributed by atoms with E-state index in [1.807, 2.05) is 0 Å². The predicted molar refractivity (Wildman–Crippen MR) is 81.1 cm³/mol. The molecule has 0 aliphatic carbocycles. The van der Waals surface area contributed by atoms with Gasteiger partial charge in [-0.2, -0.15) is 11.8 Å². The van der Waals surface area contributed by atoms with Crippen LogP contribution in [0.15, 0.2) is 24.3 Å². The van der Waals surface area contributed by atoms with Gasteiger partial charge in [-0.1, -0.05) is 29.8 Å². The summed E-state index contributed by atoms with van der Waals surface area (Å²) in [6, 6.07) is 9.40. The lowest BCUT2D eigenvalue weighted by molar-refractivity contribution is 0.190. The first-order valence-electron chi connectivity index (χ1n) is 6.82. The molecule has 0 radical (unpaired) electrons. The van der Waals surface area contributed by atoms with Crippen LogP contribution in [-0.4, -0.2) is 35.5 Å². The standard InChI is InChI=1S/C15H24N2S/c1-12-4-6-14(7-5-12)15(13(2)16)17-8-3-10-18-11-9-17/h4-7,13,15H,3,8-11,16H2,1-2H3. The van der Waals surface area contributed by atoms with Crippen LogP contribution in [0.2, 0.25) is 0 Å². The number of aryl methyl sites for hydroxylation is 1. The van der Waals surface area contributed by atoms with Crippen molar-refractivity contribution in [1.29, 1.82) is 0 Å². The largest absolute Gasteiger partial charge is 0.326 e. The fraction of sp³-hybridized carbons (Fsp3) is 0.600. The van der Waals surface area contributed by atoms with Crippen molar-refractivity contribution in [2.24, 2.45) is 5.73 Å². The molecule has 1 aromatic carbocycles. The molecule has 3 heteroatoms. The monoisotopic (exact) mass is 264 g/mol. The Kier molecular flexibility index (Phi) is 5.10. The van der Waals surface area contributed by atoms with Crippen LogP contribution < -0.4 is 5.73 Å². The minimum Gasteiger partial charge on any atom is -0.326 e. The first kappa shape index (κ1) is 13.9. The van der Waals surface area contributed by atoms with Crippen LogP contribution in [0.1, 0.15) is 30.5 Å². The van der Waals surface area contributed by atoms with E-state index in [0.29, 0.717) is 6.04 Å². The molecule has 100 valence electrons. The van der Waals surface area contributed by atoms with E-state index in [9.17, 15) is 0 Å². The second-order valence-corrected chi connectivity index (χ2v) is 6.44. The van der Waals surface area contributed by atoms with Crippen molar-refractivity contribution in [1.82, 2.24) is 4.90 Å². The lowest BCUT2D eigenvalue weighted by Gasteiger charge is -2.33. The highest BCUT2D eigenvalue weighted by atomic mass is 32.2. The van der Waals surface area contributed by atoms with Gasteiger partial charge < -0.3 is 5.73 Å². The molecule has 1 aliphatic heterocycles. The average molecular weight is 264 g/mol. The number of benzene rings is 1. The second-order valence-electron chi connectivity index (χ2n) is 5.22. The van der Waals surface area contributed by atoms with Gasteiger partial charge in [0.05, 0.1) is 0 Å². The highest BCUT2D eigenvalue weighted by Crippen LogP contribution is 2.26. The van der Waals surface area contributed by atoms with Crippen LogP contribution >= 0.6 is 11.8 Å². The zero-order valence-corrected chi connectivity index (χ0v) is 12.2. The Morgan fingerprint density at radius 3 is 2.56 bits per heavy atom. The Hall–Kier alpha value is -0.510. The molecular weight excluding hydrogens is 240 g/mol. The molecule has 0 aromatic heterocycles. The summed E-state index contributed by atoms with van der Waals surface area (Å²) in [5.41, 5.74) is 8.92. The number of hydrogen-bond donors (Lipinski definition) is 1. The molecule has 0 bridgehead atoms. The van der Waals surface area contributed by atoms with E-state index in [1.165, 1.54) is 35.6 Å². The quantitative estimate of drug-likeness (QED) is 0.910. The van der Waals surface area contributed by atoms with E-state index in [-0.39, 0.29) is 6.04 Å². The number of nitrogens with zero attached hydrogens (tertiary/aromatic N) is 1. The minimum atomic E-state index is 0.177. The summed E-state index contributed by atoms with van der Waals surface area (Å²) in [6.45, 7) is 6.59. The highest BCUT2D eigenvalue weighted by Gasteiger charge is 2.24. The fourth-order valence-corrected chi connectivity index (χ4v) is 3.56. The first-order valence-corrected chi connectivity index (χ1v) is 7.98. The van der Waals surface area contributed by atoms with Gasteiger partial charge in [0, 0.05) is 24.4 Å². The van der Waals surface area contributed by atoms with Crippen LogP contribution in [0.25, 0.3) is 0 Å². The summed E-state index contributed by atoms with van der Waals surface area (Å²) < 4.78 is 0. The van der Waals surface area contributed by atoms with Crippen molar-refractivity contribution in [3.63, 3.8) is 0 Å². The second kappa shape index (κ2) is 6.60. The lowest BCUT2D eigenvalue weighted by Crippen LogP contribution is -2.40. The zero-order valence-electron chi connectivity index (χ0n) is 11.4. The van der Waals surface area contributed by atoms with Gasteiger partial charge in [0.15, 0.2) is 0 Å². The van der Waals surface area contributed by atoms with Crippen LogP contribution in [0, 0.1) is 6.92 Å². The molecular formula is C15H24N2S. The van der Waals surface area contributed by atoms with E-state index < -0.39 is 0 Å². The minimum absolute atomic E-state index is 0.177. The third-order valence-corrected chi connectivity index (χ3v) is 4.62. The summed E-state index contributed by atoms with van der Waals surface area (Å²) in [7, 11) is 0. The molecule has 2 N–H and O–H groups in total. The summed E-state index contributed by atoms with van der Waals surface area (Å²) in [5.74, 6) is 2.52. The molecule has 2 atom stereocenters. The zero-order chi connectivity index (χ0) is 13.0. The van der Waals surface area contributed by atoms with Gasteiger partial charge in [-0.25, -0.2) is 0 Å². The van der Waals surface area contributed by atoms with E-state index >= 15 is 0 Å². The predicted octanol–water partition coefficient (Wildman–Crippen LogP) is 2.82. The van der Waals surface area contributed by atoms with E-state index in [0.717, 1.165) is 6.54 Å². The van der Waals surface area contributed by atoms with E-state index in [4.69, 9.17) is 5.73 Å². The Balaban J connectivity index is 2.18. The van der Waals surface area contributed by atoms with E-state index in [1.54, 1.807) is 0 Å². The van der Waals surface area contributed by atoms with Crippen molar-refractivity contribution < 1.29 is 0 Å². The number of nitrogens with two attached hydrogens (primary N) is 1. The molecule has 0 saturated carbocycles. The summed E-state index contributed by atoms with van der Waals surface area (Å²) in [4.78, 5) is 2.56. The molecule has 18 heavy (non-hydrogen) atoms. The van der Waals surface area contributed by atoms with Crippen molar-refractivity contribution >= 4 is 11.8 Å². The van der Waals surface area contributed by atoms with Gasteiger partial charge in [0.1, 0.15) is 0 Å². The number of rotatable bonds is 3. The summed E-state index contributed by atoms with van der Waals surface area (Å²) in [5, 5.41) is 0. The number of thioether (sulfide) groups is 1. The Labute approximate surface area is 115 Å². The molecule has 0 spiro atoms. The molecule has 1 saturated heterocycles. The summed E-state index contributed by atoms with van der Waals surface area (Å²) >= 11 is 2.06. The molecule has 1 heterocycles. The third-order valence-electron chi connectivity index (χ3n) is 3.57. The average Bonchev–Trinajstić information content (AvgIpc) is 2.60. The van der Waals surface area contributed by atoms with Crippen LogP contribution in [0.5, 0.6) is 0 Å². The molecule has 1 aromatic rings. The molecule has 1 fully saturated rings. The maximum Gasteiger partial charge on any atom is 0.0496 e. The normalized spacial score (nSPS) is 21.3. The van der Waals surface area contributed by atoms with Gasteiger partial charge in [-0.3, -0.25) is 4.90 Å². The van der Waals surface area contributed by atoms with Crippen molar-refractivity contribution in [3.8, 4) is 0 Å². The molecule has 1 aliphatic rings. The topological polar surface area (TPSA) is 29.3 Å². The Morgan fingerprint density at radius 1 is 1.17 bits per heavy atom. The van der Waals surface area contributed by atoms with Crippen molar-refractivity contribution in [2.45, 2.75) is 32.4 Å². The van der Waals surface area contributed by atoms with Gasteiger partial charge in [0.25, 0.3) is 0 Å². The van der Waals surface area contributed by atoms with Crippen molar-refractivity contribution in [2.75, 3.05) is 24.6 Å². The van der Waals surface area contributed by atoms with Crippen molar-refractivity contribution in [3.05, 3.63) is 35.4 Å². The van der Waals surface area contributed by atoms with Crippen LogP contribution in [-0.2, 0) is 0 Å². The fourth-order valence-electron chi connectivity index (χ4n) is 2.65. The van der Waals surface area contributed by atoms with Gasteiger partial charge in [0.2, 0.25) is 0 Å². The maximum atomic E-state index is 6.24. The lowest BCUT2D eigenvalue weighted by atomic mass is 9.98. The molecule has 0 amide bonds.